The number of hydrogen-bond acceptors (Lipinski definition) is 2. The van der Waals surface area contributed by atoms with Gasteiger partial charge in [0, 0.05) is 17.5 Å². The lowest BCUT2D eigenvalue weighted by atomic mass is 9.78. The van der Waals surface area contributed by atoms with E-state index in [1.165, 1.54) is 11.1 Å². The van der Waals surface area contributed by atoms with E-state index in [1.807, 2.05) is 0 Å². The molecule has 0 spiro atoms. The van der Waals surface area contributed by atoms with Gasteiger partial charge in [0.15, 0.2) is 0 Å². The van der Waals surface area contributed by atoms with Gasteiger partial charge in [0.1, 0.15) is 11.9 Å². The first-order valence-electron chi connectivity index (χ1n) is 7.34. The second kappa shape index (κ2) is 6.43. The summed E-state index contributed by atoms with van der Waals surface area (Å²) in [4.78, 5) is 0. The average Bonchev–Trinajstić information content (AvgIpc) is 2.35. The van der Waals surface area contributed by atoms with Crippen LogP contribution in [0.3, 0.4) is 0 Å². The van der Waals surface area contributed by atoms with Gasteiger partial charge in [0.25, 0.3) is 0 Å². The standard InChI is InChI=1S/C19H28O2/c1-18(2,3)15-12-14(10-9-11-20-7)17(21-8)16(13-15)19(4,5)6/h12-13H,10H2,1-8H3. The Morgan fingerprint density at radius 1 is 0.952 bits per heavy atom. The lowest BCUT2D eigenvalue weighted by Crippen LogP contribution is -2.18. The monoisotopic (exact) mass is 288 g/mol. The summed E-state index contributed by atoms with van der Waals surface area (Å²) in [6, 6.07) is 4.48. The normalized spacial score (nSPS) is 11.6. The highest BCUT2D eigenvalue weighted by atomic mass is 16.5. The third-order valence-corrected chi connectivity index (χ3v) is 3.50. The van der Waals surface area contributed by atoms with E-state index in [-0.39, 0.29) is 10.8 Å². The minimum atomic E-state index is 0.0238. The smallest absolute Gasteiger partial charge is 0.126 e. The molecule has 1 rings (SSSR count). The zero-order valence-electron chi connectivity index (χ0n) is 14.7. The first-order chi connectivity index (χ1) is 9.61. The molecule has 0 radical (unpaired) electrons. The largest absolute Gasteiger partial charge is 0.496 e. The molecule has 116 valence electrons. The molecule has 0 amide bonds. The molecule has 0 saturated heterocycles. The summed E-state index contributed by atoms with van der Waals surface area (Å²) in [7, 11) is 3.31. The quantitative estimate of drug-likeness (QED) is 0.749. The van der Waals surface area contributed by atoms with Crippen LogP contribution in [0, 0.1) is 12.0 Å². The second-order valence-electron chi connectivity index (χ2n) is 7.38. The summed E-state index contributed by atoms with van der Waals surface area (Å²) in [5.74, 6) is 3.98. The highest BCUT2D eigenvalue weighted by Gasteiger charge is 2.25. The molecule has 0 fully saturated rings. The van der Waals surface area contributed by atoms with Crippen LogP contribution in [-0.4, -0.2) is 14.2 Å². The molecule has 0 aliphatic rings. The van der Waals surface area contributed by atoms with Crippen molar-refractivity contribution in [3.05, 3.63) is 28.8 Å². The van der Waals surface area contributed by atoms with Crippen LogP contribution in [0.25, 0.3) is 0 Å². The Morgan fingerprint density at radius 3 is 2.00 bits per heavy atom. The third-order valence-electron chi connectivity index (χ3n) is 3.50. The van der Waals surface area contributed by atoms with Crippen LogP contribution in [0.15, 0.2) is 12.1 Å². The summed E-state index contributed by atoms with van der Waals surface area (Å²) >= 11 is 0. The molecule has 0 aliphatic carbocycles. The fourth-order valence-corrected chi connectivity index (χ4v) is 2.25. The Balaban J connectivity index is 3.52. The van der Waals surface area contributed by atoms with Crippen molar-refractivity contribution in [2.45, 2.75) is 58.8 Å². The van der Waals surface area contributed by atoms with E-state index in [9.17, 15) is 0 Å². The Hall–Kier alpha value is -1.62. The maximum absolute atomic E-state index is 5.69. The van der Waals surface area contributed by atoms with Gasteiger partial charge < -0.3 is 9.47 Å². The SMILES string of the molecule is COC#CCc1cc(C(C)(C)C)cc(C(C)(C)C)c1OC. The number of ether oxygens (including phenoxy) is 2. The maximum atomic E-state index is 5.69. The topological polar surface area (TPSA) is 18.5 Å². The molecule has 0 heterocycles. The fourth-order valence-electron chi connectivity index (χ4n) is 2.25. The van der Waals surface area contributed by atoms with Gasteiger partial charge in [-0.2, -0.15) is 0 Å². The minimum Gasteiger partial charge on any atom is -0.496 e. The van der Waals surface area contributed by atoms with Crippen molar-refractivity contribution >= 4 is 0 Å². The lowest BCUT2D eigenvalue weighted by molar-refractivity contribution is 0.371. The zero-order chi connectivity index (χ0) is 16.3. The molecule has 1 aromatic carbocycles. The molecular formula is C19H28O2. The van der Waals surface area contributed by atoms with Gasteiger partial charge in [0.05, 0.1) is 14.2 Å². The van der Waals surface area contributed by atoms with E-state index >= 15 is 0 Å². The van der Waals surface area contributed by atoms with Crippen LogP contribution in [0.4, 0.5) is 0 Å². The Morgan fingerprint density at radius 2 is 1.57 bits per heavy atom. The molecule has 2 heteroatoms. The number of methoxy groups -OCH3 is 2. The predicted octanol–water partition coefficient (Wildman–Crippen LogP) is 4.44. The van der Waals surface area contributed by atoms with E-state index < -0.39 is 0 Å². The summed E-state index contributed by atoms with van der Waals surface area (Å²) < 4.78 is 10.5. The molecule has 0 saturated carbocycles. The Kier molecular flexibility index (Phi) is 5.34. The van der Waals surface area contributed by atoms with Crippen LogP contribution in [-0.2, 0) is 22.0 Å². The predicted molar refractivity (Wildman–Crippen MR) is 88.9 cm³/mol. The van der Waals surface area contributed by atoms with Crippen molar-refractivity contribution in [1.29, 1.82) is 0 Å². The Labute approximate surface area is 129 Å². The molecule has 21 heavy (non-hydrogen) atoms. The number of rotatable bonds is 2. The lowest BCUT2D eigenvalue weighted by Gasteiger charge is -2.28. The van der Waals surface area contributed by atoms with E-state index in [4.69, 9.17) is 9.47 Å². The van der Waals surface area contributed by atoms with Crippen LogP contribution in [0.2, 0.25) is 0 Å². The highest BCUT2D eigenvalue weighted by molar-refractivity contribution is 5.50. The maximum Gasteiger partial charge on any atom is 0.126 e. The molecule has 2 nitrogen and oxygen atoms in total. The van der Waals surface area contributed by atoms with Crippen molar-refractivity contribution in [3.8, 4) is 17.8 Å². The Bertz CT molecular complexity index is 546. The summed E-state index contributed by atoms with van der Waals surface area (Å²) in [5, 5.41) is 0. The number of hydrogen-bond donors (Lipinski definition) is 0. The molecule has 1 aromatic rings. The van der Waals surface area contributed by atoms with Gasteiger partial charge in [-0.15, -0.1) is 0 Å². The van der Waals surface area contributed by atoms with E-state index in [1.54, 1.807) is 14.2 Å². The van der Waals surface area contributed by atoms with Crippen LogP contribution < -0.4 is 4.74 Å². The van der Waals surface area contributed by atoms with Gasteiger partial charge in [-0.05, 0) is 16.4 Å². The molecule has 0 aromatic heterocycles. The number of benzene rings is 1. The van der Waals surface area contributed by atoms with Crippen LogP contribution >= 0.6 is 0 Å². The first-order valence-corrected chi connectivity index (χ1v) is 7.34. The average molecular weight is 288 g/mol. The van der Waals surface area contributed by atoms with Gasteiger partial charge in [0.2, 0.25) is 0 Å². The zero-order valence-corrected chi connectivity index (χ0v) is 14.7. The van der Waals surface area contributed by atoms with Crippen molar-refractivity contribution in [2.75, 3.05) is 14.2 Å². The van der Waals surface area contributed by atoms with Gasteiger partial charge in [-0.25, -0.2) is 0 Å². The fraction of sp³-hybridized carbons (Fsp3) is 0.579. The van der Waals surface area contributed by atoms with E-state index in [0.29, 0.717) is 6.42 Å². The summed E-state index contributed by atoms with van der Waals surface area (Å²) in [6.45, 7) is 13.3. The molecule has 0 aliphatic heterocycles. The van der Waals surface area contributed by atoms with Crippen LogP contribution in [0.5, 0.6) is 5.75 Å². The van der Waals surface area contributed by atoms with Gasteiger partial charge in [-0.1, -0.05) is 59.6 Å². The van der Waals surface area contributed by atoms with E-state index in [0.717, 1.165) is 11.3 Å². The van der Waals surface area contributed by atoms with Crippen molar-refractivity contribution in [2.24, 2.45) is 0 Å². The molecule has 0 bridgehead atoms. The summed E-state index contributed by atoms with van der Waals surface area (Å²) in [5.41, 5.74) is 3.78. The van der Waals surface area contributed by atoms with Gasteiger partial charge in [-0.3, -0.25) is 0 Å². The molecular weight excluding hydrogens is 260 g/mol. The van der Waals surface area contributed by atoms with Crippen molar-refractivity contribution in [3.63, 3.8) is 0 Å². The third kappa shape index (κ3) is 4.43. The van der Waals surface area contributed by atoms with Crippen molar-refractivity contribution < 1.29 is 9.47 Å². The minimum absolute atomic E-state index is 0.0238. The second-order valence-corrected chi connectivity index (χ2v) is 7.38. The first kappa shape index (κ1) is 17.4. The molecule has 0 atom stereocenters. The molecule has 0 unspecified atom stereocenters. The van der Waals surface area contributed by atoms with E-state index in [2.05, 4.69) is 65.7 Å². The molecule has 0 N–H and O–H groups in total. The van der Waals surface area contributed by atoms with Crippen LogP contribution in [0.1, 0.15) is 58.2 Å². The highest BCUT2D eigenvalue weighted by Crippen LogP contribution is 2.38. The summed E-state index contributed by atoms with van der Waals surface area (Å²) in [6.07, 6.45) is 3.29. The van der Waals surface area contributed by atoms with Gasteiger partial charge >= 0.3 is 0 Å². The van der Waals surface area contributed by atoms with Crippen molar-refractivity contribution in [1.82, 2.24) is 0 Å².